The fourth-order valence-electron chi connectivity index (χ4n) is 2.78. The van der Waals surface area contributed by atoms with Gasteiger partial charge in [-0.2, -0.15) is 5.10 Å². The Morgan fingerprint density at radius 3 is 2.75 bits per heavy atom. The van der Waals surface area contributed by atoms with E-state index < -0.39 is 5.97 Å². The molecular weight excluding hydrogens is 254 g/mol. The van der Waals surface area contributed by atoms with E-state index in [1.54, 1.807) is 4.68 Å². The second-order valence-electron chi connectivity index (χ2n) is 5.20. The van der Waals surface area contributed by atoms with E-state index in [0.717, 1.165) is 36.6 Å². The second-order valence-corrected chi connectivity index (χ2v) is 5.20. The first kappa shape index (κ1) is 12.9. The summed E-state index contributed by atoms with van der Waals surface area (Å²) in [5.74, 6) is -0.808. The normalized spacial score (nSPS) is 14.4. The van der Waals surface area contributed by atoms with Crippen molar-refractivity contribution in [1.82, 2.24) is 14.7 Å². The average molecular weight is 271 g/mol. The van der Waals surface area contributed by atoms with Crippen LogP contribution in [0.2, 0.25) is 0 Å². The molecule has 1 aromatic carbocycles. The number of benzene rings is 1. The molecule has 0 saturated heterocycles. The molecule has 0 fully saturated rings. The number of carboxylic acids is 1. The fraction of sp³-hybridized carbons (Fsp3) is 0.333. The minimum atomic E-state index is -0.808. The van der Waals surface area contributed by atoms with Crippen molar-refractivity contribution in [1.29, 1.82) is 0 Å². The summed E-state index contributed by atoms with van der Waals surface area (Å²) >= 11 is 0. The van der Waals surface area contributed by atoms with Crippen LogP contribution in [0, 0.1) is 0 Å². The second kappa shape index (κ2) is 5.09. The third-order valence-corrected chi connectivity index (χ3v) is 3.68. The number of hydrogen-bond acceptors (Lipinski definition) is 3. The number of carbonyl (C=O) groups is 1. The molecule has 0 atom stereocenters. The Morgan fingerprint density at radius 1 is 1.30 bits per heavy atom. The van der Waals surface area contributed by atoms with Crippen molar-refractivity contribution in [2.24, 2.45) is 7.05 Å². The monoisotopic (exact) mass is 271 g/mol. The predicted octanol–water partition coefficient (Wildman–Crippen LogP) is 1.56. The zero-order chi connectivity index (χ0) is 14.1. The number of aromatic nitrogens is 2. The Hall–Kier alpha value is -2.14. The Balaban J connectivity index is 1.76. The predicted molar refractivity (Wildman–Crippen MR) is 73.9 cm³/mol. The van der Waals surface area contributed by atoms with Crippen molar-refractivity contribution >= 4 is 5.97 Å². The van der Waals surface area contributed by atoms with Crippen LogP contribution in [0.1, 0.15) is 22.5 Å². The molecule has 2 aromatic rings. The Morgan fingerprint density at radius 2 is 2.05 bits per heavy atom. The van der Waals surface area contributed by atoms with E-state index in [1.165, 1.54) is 5.56 Å². The van der Waals surface area contributed by atoms with Gasteiger partial charge >= 0.3 is 5.97 Å². The van der Waals surface area contributed by atoms with Crippen molar-refractivity contribution in [3.8, 4) is 0 Å². The van der Waals surface area contributed by atoms with Crippen molar-refractivity contribution in [2.75, 3.05) is 0 Å². The van der Waals surface area contributed by atoms with Gasteiger partial charge in [0, 0.05) is 32.2 Å². The number of aryl methyl sites for hydroxylation is 1. The van der Waals surface area contributed by atoms with Gasteiger partial charge in [0.05, 0.1) is 17.8 Å². The van der Waals surface area contributed by atoms with Crippen LogP contribution in [0.4, 0.5) is 0 Å². The number of nitrogens with zero attached hydrogens (tertiary/aromatic N) is 3. The number of hydrogen-bond donors (Lipinski definition) is 1. The van der Waals surface area contributed by atoms with Crippen LogP contribution in [0.15, 0.2) is 30.3 Å². The highest BCUT2D eigenvalue weighted by Gasteiger charge is 2.27. The summed E-state index contributed by atoms with van der Waals surface area (Å²) in [5.41, 5.74) is 4.19. The Bertz CT molecular complexity index is 634. The van der Waals surface area contributed by atoms with Crippen LogP contribution < -0.4 is 0 Å². The standard InChI is InChI=1S/C15H17N3O2/c1-17-14(7-15(19)20)12-9-18(10-13(12)16-17)8-11-5-3-2-4-6-11/h2-6H,7-10H2,1H3,(H,19,20). The smallest absolute Gasteiger partial charge is 0.309 e. The van der Waals surface area contributed by atoms with Crippen LogP contribution in [0.25, 0.3) is 0 Å². The van der Waals surface area contributed by atoms with Gasteiger partial charge in [0.1, 0.15) is 0 Å². The molecule has 0 saturated carbocycles. The molecular formula is C15H17N3O2. The average Bonchev–Trinajstić information content (AvgIpc) is 2.90. The molecule has 0 radical (unpaired) electrons. The maximum absolute atomic E-state index is 10.9. The molecule has 5 nitrogen and oxygen atoms in total. The molecule has 0 spiro atoms. The number of rotatable bonds is 4. The molecule has 0 bridgehead atoms. The zero-order valence-corrected chi connectivity index (χ0v) is 11.4. The number of aliphatic carboxylic acids is 1. The lowest BCUT2D eigenvalue weighted by molar-refractivity contribution is -0.136. The first-order valence-electron chi connectivity index (χ1n) is 6.65. The molecule has 1 aliphatic rings. The summed E-state index contributed by atoms with van der Waals surface area (Å²) in [6.07, 6.45) is 0.0397. The first-order chi connectivity index (χ1) is 9.63. The molecule has 1 N–H and O–H groups in total. The van der Waals surface area contributed by atoms with Crippen LogP contribution in [-0.2, 0) is 37.9 Å². The fourth-order valence-corrected chi connectivity index (χ4v) is 2.78. The number of fused-ring (bicyclic) bond motifs is 1. The lowest BCUT2D eigenvalue weighted by Gasteiger charge is -2.15. The Labute approximate surface area is 117 Å². The molecule has 20 heavy (non-hydrogen) atoms. The van der Waals surface area contributed by atoms with E-state index >= 15 is 0 Å². The summed E-state index contributed by atoms with van der Waals surface area (Å²) in [6, 6.07) is 10.3. The molecule has 1 aliphatic heterocycles. The minimum absolute atomic E-state index is 0.0397. The van der Waals surface area contributed by atoms with E-state index in [-0.39, 0.29) is 6.42 Å². The third kappa shape index (κ3) is 2.44. The van der Waals surface area contributed by atoms with Gasteiger partial charge in [0.2, 0.25) is 0 Å². The maximum atomic E-state index is 10.9. The lowest BCUT2D eigenvalue weighted by Crippen LogP contribution is -2.18. The van der Waals surface area contributed by atoms with E-state index in [4.69, 9.17) is 5.11 Å². The lowest BCUT2D eigenvalue weighted by atomic mass is 10.1. The minimum Gasteiger partial charge on any atom is -0.481 e. The van der Waals surface area contributed by atoms with Gasteiger partial charge in [-0.25, -0.2) is 0 Å². The first-order valence-corrected chi connectivity index (χ1v) is 6.65. The highest BCUT2D eigenvalue weighted by molar-refractivity contribution is 5.70. The van der Waals surface area contributed by atoms with Gasteiger partial charge in [-0.05, 0) is 5.56 Å². The van der Waals surface area contributed by atoms with Crippen LogP contribution in [0.3, 0.4) is 0 Å². The molecule has 104 valence electrons. The molecule has 2 heterocycles. The summed E-state index contributed by atoms with van der Waals surface area (Å²) in [5, 5.41) is 13.4. The van der Waals surface area contributed by atoms with Crippen molar-refractivity contribution in [3.63, 3.8) is 0 Å². The van der Waals surface area contributed by atoms with Crippen molar-refractivity contribution < 1.29 is 9.90 Å². The van der Waals surface area contributed by atoms with E-state index in [2.05, 4.69) is 22.1 Å². The molecule has 5 heteroatoms. The van der Waals surface area contributed by atoms with Gasteiger partial charge in [-0.1, -0.05) is 30.3 Å². The Kier molecular flexibility index (Phi) is 3.28. The maximum Gasteiger partial charge on any atom is 0.309 e. The highest BCUT2D eigenvalue weighted by Crippen LogP contribution is 2.26. The summed E-state index contributed by atoms with van der Waals surface area (Å²) < 4.78 is 1.71. The number of carboxylic acid groups (broad SMARTS) is 1. The zero-order valence-electron chi connectivity index (χ0n) is 11.4. The summed E-state index contributed by atoms with van der Waals surface area (Å²) in [4.78, 5) is 13.2. The van der Waals surface area contributed by atoms with Crippen LogP contribution in [-0.4, -0.2) is 25.8 Å². The van der Waals surface area contributed by atoms with Gasteiger partial charge in [0.15, 0.2) is 0 Å². The molecule has 3 rings (SSSR count). The van der Waals surface area contributed by atoms with Crippen LogP contribution in [0.5, 0.6) is 0 Å². The molecule has 0 unspecified atom stereocenters. The quantitative estimate of drug-likeness (QED) is 0.917. The SMILES string of the molecule is Cn1nc2c(c1CC(=O)O)CN(Cc1ccccc1)C2. The van der Waals surface area contributed by atoms with Gasteiger partial charge in [-0.3, -0.25) is 14.4 Å². The third-order valence-electron chi connectivity index (χ3n) is 3.68. The topological polar surface area (TPSA) is 58.4 Å². The van der Waals surface area contributed by atoms with E-state index in [1.807, 2.05) is 25.2 Å². The molecule has 0 aliphatic carbocycles. The van der Waals surface area contributed by atoms with Crippen molar-refractivity contribution in [3.05, 3.63) is 52.8 Å². The summed E-state index contributed by atoms with van der Waals surface area (Å²) in [6.45, 7) is 2.44. The van der Waals surface area contributed by atoms with Gasteiger partial charge in [-0.15, -0.1) is 0 Å². The van der Waals surface area contributed by atoms with Crippen LogP contribution >= 0.6 is 0 Å². The van der Waals surface area contributed by atoms with E-state index in [9.17, 15) is 4.79 Å². The highest BCUT2D eigenvalue weighted by atomic mass is 16.4. The molecule has 0 amide bonds. The summed E-state index contributed by atoms with van der Waals surface area (Å²) in [7, 11) is 1.82. The molecule has 1 aromatic heterocycles. The van der Waals surface area contributed by atoms with Gasteiger partial charge in [0.25, 0.3) is 0 Å². The van der Waals surface area contributed by atoms with E-state index in [0.29, 0.717) is 0 Å². The largest absolute Gasteiger partial charge is 0.481 e. The van der Waals surface area contributed by atoms with Gasteiger partial charge < -0.3 is 5.11 Å². The van der Waals surface area contributed by atoms with Crippen molar-refractivity contribution in [2.45, 2.75) is 26.1 Å².